The summed E-state index contributed by atoms with van der Waals surface area (Å²) in [7, 11) is 0. The van der Waals surface area contributed by atoms with Gasteiger partial charge in [0.25, 0.3) is 0 Å². The molecule has 0 aliphatic rings. The summed E-state index contributed by atoms with van der Waals surface area (Å²) in [4.78, 5) is 11.1. The van der Waals surface area contributed by atoms with Crippen LogP contribution >= 0.6 is 15.9 Å². The quantitative estimate of drug-likeness (QED) is 0.890. The lowest BCUT2D eigenvalue weighted by molar-refractivity contribution is -0.139. The lowest BCUT2D eigenvalue weighted by Gasteiger charge is -2.18. The predicted molar refractivity (Wildman–Crippen MR) is 61.0 cm³/mol. The Morgan fingerprint density at radius 1 is 1.40 bits per heavy atom. The molecule has 0 amide bonds. The third-order valence-electron chi connectivity index (χ3n) is 2.25. The lowest BCUT2D eigenvalue weighted by atomic mass is 9.88. The van der Waals surface area contributed by atoms with E-state index in [4.69, 9.17) is 5.11 Å². The Morgan fingerprint density at radius 3 is 2.47 bits per heavy atom. The van der Waals surface area contributed by atoms with Crippen LogP contribution in [0.15, 0.2) is 22.7 Å². The first-order valence-corrected chi connectivity index (χ1v) is 5.44. The van der Waals surface area contributed by atoms with E-state index in [1.165, 1.54) is 12.1 Å². The van der Waals surface area contributed by atoms with Gasteiger partial charge < -0.3 is 10.2 Å². The molecule has 0 aliphatic heterocycles. The Kier molecular flexibility index (Phi) is 3.74. The zero-order valence-electron chi connectivity index (χ0n) is 8.57. The summed E-state index contributed by atoms with van der Waals surface area (Å²) in [5.74, 6) is -1.43. The zero-order valence-corrected chi connectivity index (χ0v) is 10.2. The number of carbonyl (C=O) groups is 1. The fraction of sp³-hybridized carbons (Fsp3) is 0.364. The highest BCUT2D eigenvalue weighted by Crippen LogP contribution is 2.33. The minimum atomic E-state index is -0.878. The fourth-order valence-corrected chi connectivity index (χ4v) is 2.04. The van der Waals surface area contributed by atoms with Gasteiger partial charge in [-0.05, 0) is 29.7 Å². The number of phenols is 1. The van der Waals surface area contributed by atoms with E-state index in [1.54, 1.807) is 6.07 Å². The van der Waals surface area contributed by atoms with Gasteiger partial charge in [0.2, 0.25) is 0 Å². The molecule has 0 radical (unpaired) electrons. The number of hydrogen-bond donors (Lipinski definition) is 2. The molecule has 0 fully saturated rings. The average Bonchev–Trinajstić information content (AvgIpc) is 2.10. The van der Waals surface area contributed by atoms with Crippen LogP contribution in [0.25, 0.3) is 0 Å². The van der Waals surface area contributed by atoms with Crippen molar-refractivity contribution in [3.63, 3.8) is 0 Å². The molecule has 0 heterocycles. The summed E-state index contributed by atoms with van der Waals surface area (Å²) in [6.45, 7) is 3.69. The lowest BCUT2D eigenvalue weighted by Crippen LogP contribution is -2.17. The summed E-state index contributed by atoms with van der Waals surface area (Å²) in [6, 6.07) is 4.67. The number of phenolic OH excluding ortho intramolecular Hbond substituents is 1. The Labute approximate surface area is 96.9 Å². The molecule has 15 heavy (non-hydrogen) atoms. The maximum Gasteiger partial charge on any atom is 0.311 e. The van der Waals surface area contributed by atoms with Gasteiger partial charge in [-0.2, -0.15) is 0 Å². The highest BCUT2D eigenvalue weighted by atomic mass is 79.9. The van der Waals surface area contributed by atoms with Crippen molar-refractivity contribution in [3.8, 4) is 5.75 Å². The Morgan fingerprint density at radius 2 is 2.00 bits per heavy atom. The van der Waals surface area contributed by atoms with Gasteiger partial charge in [0.15, 0.2) is 0 Å². The topological polar surface area (TPSA) is 57.5 Å². The van der Waals surface area contributed by atoms with Crippen molar-refractivity contribution in [3.05, 3.63) is 28.2 Å². The highest BCUT2D eigenvalue weighted by molar-refractivity contribution is 9.10. The van der Waals surface area contributed by atoms with Gasteiger partial charge in [-0.3, -0.25) is 4.79 Å². The fourth-order valence-electron chi connectivity index (χ4n) is 1.55. The summed E-state index contributed by atoms with van der Waals surface area (Å²) in [6.07, 6.45) is 0. The third kappa shape index (κ3) is 2.72. The molecule has 1 rings (SSSR count). The van der Waals surface area contributed by atoms with Crippen molar-refractivity contribution in [1.82, 2.24) is 0 Å². The Hall–Kier alpha value is -1.03. The largest absolute Gasteiger partial charge is 0.508 e. The maximum absolute atomic E-state index is 11.1. The number of carboxylic acid groups (broad SMARTS) is 1. The zero-order chi connectivity index (χ0) is 11.6. The molecule has 4 heteroatoms. The number of carboxylic acids is 1. The van der Waals surface area contributed by atoms with E-state index < -0.39 is 11.9 Å². The van der Waals surface area contributed by atoms with Crippen molar-refractivity contribution < 1.29 is 15.0 Å². The van der Waals surface area contributed by atoms with Crippen LogP contribution in [0.4, 0.5) is 0 Å². The SMILES string of the molecule is CC(C)C(C(=O)O)c1cc(O)ccc1Br. The molecule has 0 saturated heterocycles. The van der Waals surface area contributed by atoms with E-state index in [2.05, 4.69) is 15.9 Å². The summed E-state index contributed by atoms with van der Waals surface area (Å²) in [5, 5.41) is 18.4. The molecule has 3 nitrogen and oxygen atoms in total. The normalized spacial score (nSPS) is 12.8. The van der Waals surface area contributed by atoms with Crippen LogP contribution in [0.1, 0.15) is 25.3 Å². The van der Waals surface area contributed by atoms with Gasteiger partial charge in [-0.1, -0.05) is 29.8 Å². The predicted octanol–water partition coefficient (Wildman–Crippen LogP) is 2.98. The van der Waals surface area contributed by atoms with E-state index in [9.17, 15) is 9.90 Å². The molecule has 1 aromatic carbocycles. The molecule has 1 unspecified atom stereocenters. The van der Waals surface area contributed by atoms with Crippen LogP contribution in [0.3, 0.4) is 0 Å². The van der Waals surface area contributed by atoms with Gasteiger partial charge in [0.1, 0.15) is 5.75 Å². The molecule has 0 bridgehead atoms. The smallest absolute Gasteiger partial charge is 0.311 e. The van der Waals surface area contributed by atoms with Gasteiger partial charge >= 0.3 is 5.97 Å². The van der Waals surface area contributed by atoms with Crippen LogP contribution in [0, 0.1) is 5.92 Å². The van der Waals surface area contributed by atoms with E-state index in [0.29, 0.717) is 10.0 Å². The molecule has 0 aliphatic carbocycles. The second kappa shape index (κ2) is 4.66. The van der Waals surface area contributed by atoms with Crippen LogP contribution in [-0.4, -0.2) is 16.2 Å². The maximum atomic E-state index is 11.1. The number of aromatic hydroxyl groups is 1. The number of benzene rings is 1. The van der Waals surface area contributed by atoms with E-state index >= 15 is 0 Å². The first kappa shape index (κ1) is 12.0. The standard InChI is InChI=1S/C11H13BrO3/c1-6(2)10(11(14)15)8-5-7(13)3-4-9(8)12/h3-6,10,13H,1-2H3,(H,14,15). The van der Waals surface area contributed by atoms with Crippen molar-refractivity contribution in [1.29, 1.82) is 0 Å². The first-order valence-electron chi connectivity index (χ1n) is 4.64. The Bertz CT molecular complexity index is 374. The molecule has 0 spiro atoms. The third-order valence-corrected chi connectivity index (χ3v) is 2.97. The molecule has 0 saturated carbocycles. The second-order valence-electron chi connectivity index (χ2n) is 3.77. The summed E-state index contributed by atoms with van der Waals surface area (Å²) >= 11 is 3.29. The highest BCUT2D eigenvalue weighted by Gasteiger charge is 2.25. The van der Waals surface area contributed by atoms with Gasteiger partial charge in [0.05, 0.1) is 5.92 Å². The molecule has 82 valence electrons. The number of halogens is 1. The molecule has 2 N–H and O–H groups in total. The van der Waals surface area contributed by atoms with Crippen LogP contribution in [0.2, 0.25) is 0 Å². The van der Waals surface area contributed by atoms with Crippen LogP contribution in [-0.2, 0) is 4.79 Å². The van der Waals surface area contributed by atoms with Gasteiger partial charge in [-0.15, -0.1) is 0 Å². The van der Waals surface area contributed by atoms with Crippen molar-refractivity contribution in [2.45, 2.75) is 19.8 Å². The molecule has 0 aromatic heterocycles. The van der Waals surface area contributed by atoms with Crippen LogP contribution in [0.5, 0.6) is 5.75 Å². The Balaban J connectivity index is 3.22. The van der Waals surface area contributed by atoms with E-state index in [1.807, 2.05) is 13.8 Å². The van der Waals surface area contributed by atoms with Crippen molar-refractivity contribution >= 4 is 21.9 Å². The van der Waals surface area contributed by atoms with Crippen LogP contribution < -0.4 is 0 Å². The second-order valence-corrected chi connectivity index (χ2v) is 4.62. The van der Waals surface area contributed by atoms with Crippen molar-refractivity contribution in [2.24, 2.45) is 5.92 Å². The number of aliphatic carboxylic acids is 1. The van der Waals surface area contributed by atoms with Crippen molar-refractivity contribution in [2.75, 3.05) is 0 Å². The minimum Gasteiger partial charge on any atom is -0.508 e. The summed E-state index contributed by atoms with van der Waals surface area (Å²) < 4.78 is 0.710. The summed E-state index contributed by atoms with van der Waals surface area (Å²) in [5.41, 5.74) is 0.609. The molecule has 1 aromatic rings. The molecular weight excluding hydrogens is 260 g/mol. The number of hydrogen-bond acceptors (Lipinski definition) is 2. The van der Waals surface area contributed by atoms with Gasteiger partial charge in [0, 0.05) is 4.47 Å². The average molecular weight is 273 g/mol. The monoisotopic (exact) mass is 272 g/mol. The molecular formula is C11H13BrO3. The number of rotatable bonds is 3. The van der Waals surface area contributed by atoms with E-state index in [0.717, 1.165) is 0 Å². The molecule has 1 atom stereocenters. The van der Waals surface area contributed by atoms with Gasteiger partial charge in [-0.25, -0.2) is 0 Å². The minimum absolute atomic E-state index is 0.0272. The first-order chi connectivity index (χ1) is 6.93. The van der Waals surface area contributed by atoms with E-state index in [-0.39, 0.29) is 11.7 Å².